The molecule has 0 aromatic heterocycles. The molecule has 0 heterocycles. The highest BCUT2D eigenvalue weighted by atomic mass is 32.2. The molecule has 0 aliphatic carbocycles. The Labute approximate surface area is 90.3 Å². The predicted molar refractivity (Wildman–Crippen MR) is 67.0 cm³/mol. The van der Waals surface area contributed by atoms with Crippen molar-refractivity contribution in [3.63, 3.8) is 0 Å². The van der Waals surface area contributed by atoms with E-state index in [0.29, 0.717) is 0 Å². The van der Waals surface area contributed by atoms with Gasteiger partial charge < -0.3 is 11.1 Å². The Morgan fingerprint density at radius 1 is 1.21 bits per heavy atom. The summed E-state index contributed by atoms with van der Waals surface area (Å²) >= 11 is 1.91. The minimum atomic E-state index is 0.818. The summed E-state index contributed by atoms with van der Waals surface area (Å²) in [5.74, 6) is 1.25. The van der Waals surface area contributed by atoms with Crippen LogP contribution >= 0.6 is 11.8 Å². The van der Waals surface area contributed by atoms with E-state index in [2.05, 4.69) is 11.6 Å². The van der Waals surface area contributed by atoms with Crippen LogP contribution in [-0.2, 0) is 0 Å². The summed E-state index contributed by atoms with van der Waals surface area (Å²) in [6.07, 6.45) is 4.65. The number of hydrogen-bond acceptors (Lipinski definition) is 3. The first-order valence-electron chi connectivity index (χ1n) is 4.91. The molecule has 0 amide bonds. The van der Waals surface area contributed by atoms with Gasteiger partial charge in [0.25, 0.3) is 0 Å². The van der Waals surface area contributed by atoms with E-state index in [1.165, 1.54) is 18.6 Å². The second-order valence-corrected chi connectivity index (χ2v) is 4.23. The van der Waals surface area contributed by atoms with Crippen molar-refractivity contribution in [1.29, 1.82) is 0 Å². The highest BCUT2D eigenvalue weighted by Crippen LogP contribution is 2.10. The van der Waals surface area contributed by atoms with Gasteiger partial charge in [-0.2, -0.15) is 11.8 Å². The van der Waals surface area contributed by atoms with Gasteiger partial charge in [-0.25, -0.2) is 0 Å². The lowest BCUT2D eigenvalue weighted by Crippen LogP contribution is -2.01. The van der Waals surface area contributed by atoms with E-state index in [9.17, 15) is 0 Å². The van der Waals surface area contributed by atoms with Crippen LogP contribution in [0.3, 0.4) is 0 Å². The smallest absolute Gasteiger partial charge is 0.0341 e. The molecule has 0 aliphatic rings. The Hall–Kier alpha value is -0.830. The van der Waals surface area contributed by atoms with Crippen LogP contribution < -0.4 is 11.1 Å². The van der Waals surface area contributed by atoms with Crippen LogP contribution in [0.5, 0.6) is 0 Å². The van der Waals surface area contributed by atoms with Crippen LogP contribution in [0.1, 0.15) is 12.8 Å². The van der Waals surface area contributed by atoms with Crippen molar-refractivity contribution in [2.75, 3.05) is 29.6 Å². The standard InChI is InChI=1S/C11H18N2S/c1-14-9-3-2-8-13-11-6-4-10(12)5-7-11/h4-7,13H,2-3,8-9,12H2,1H3. The van der Waals surface area contributed by atoms with Gasteiger partial charge in [-0.05, 0) is 49.1 Å². The summed E-state index contributed by atoms with van der Waals surface area (Å²) < 4.78 is 0. The van der Waals surface area contributed by atoms with Crippen molar-refractivity contribution < 1.29 is 0 Å². The molecule has 0 aliphatic heterocycles. The van der Waals surface area contributed by atoms with Crippen molar-refractivity contribution in [2.24, 2.45) is 0 Å². The zero-order valence-electron chi connectivity index (χ0n) is 8.62. The van der Waals surface area contributed by atoms with Gasteiger partial charge in [0.05, 0.1) is 0 Å². The number of hydrogen-bond donors (Lipinski definition) is 2. The Morgan fingerprint density at radius 3 is 2.57 bits per heavy atom. The molecule has 0 fully saturated rings. The van der Waals surface area contributed by atoms with Gasteiger partial charge in [0, 0.05) is 17.9 Å². The summed E-state index contributed by atoms with van der Waals surface area (Å²) in [4.78, 5) is 0. The number of nitrogens with one attached hydrogen (secondary N) is 1. The Kier molecular flexibility index (Phi) is 5.30. The summed E-state index contributed by atoms with van der Waals surface area (Å²) in [6, 6.07) is 7.88. The maximum Gasteiger partial charge on any atom is 0.0341 e. The monoisotopic (exact) mass is 210 g/mol. The Morgan fingerprint density at radius 2 is 1.93 bits per heavy atom. The van der Waals surface area contributed by atoms with E-state index in [0.717, 1.165) is 17.9 Å². The van der Waals surface area contributed by atoms with Gasteiger partial charge in [-0.1, -0.05) is 0 Å². The number of nitrogens with two attached hydrogens (primary N) is 1. The minimum absolute atomic E-state index is 0.818. The van der Waals surface area contributed by atoms with Crippen LogP contribution in [-0.4, -0.2) is 18.6 Å². The van der Waals surface area contributed by atoms with Crippen molar-refractivity contribution in [3.8, 4) is 0 Å². The first-order valence-corrected chi connectivity index (χ1v) is 6.30. The highest BCUT2D eigenvalue weighted by Gasteiger charge is 1.91. The molecule has 3 heteroatoms. The van der Waals surface area contributed by atoms with Crippen molar-refractivity contribution in [2.45, 2.75) is 12.8 Å². The van der Waals surface area contributed by atoms with Gasteiger partial charge in [-0.15, -0.1) is 0 Å². The molecule has 1 aromatic carbocycles. The molecule has 2 nitrogen and oxygen atoms in total. The number of unbranched alkanes of at least 4 members (excludes halogenated alkanes) is 1. The molecular weight excluding hydrogens is 192 g/mol. The fourth-order valence-electron chi connectivity index (χ4n) is 1.21. The average molecular weight is 210 g/mol. The molecule has 14 heavy (non-hydrogen) atoms. The van der Waals surface area contributed by atoms with E-state index in [-0.39, 0.29) is 0 Å². The van der Waals surface area contributed by atoms with E-state index in [1.807, 2.05) is 36.0 Å². The Bertz CT molecular complexity index is 246. The molecule has 1 rings (SSSR count). The molecule has 0 spiro atoms. The normalized spacial score (nSPS) is 10.1. The number of benzene rings is 1. The number of thioether (sulfide) groups is 1. The molecule has 0 atom stereocenters. The van der Waals surface area contributed by atoms with Gasteiger partial charge >= 0.3 is 0 Å². The van der Waals surface area contributed by atoms with Crippen LogP contribution in [0.15, 0.2) is 24.3 Å². The SMILES string of the molecule is CSCCCCNc1ccc(N)cc1. The molecule has 0 unspecified atom stereocenters. The molecule has 0 saturated carbocycles. The molecular formula is C11H18N2S. The second kappa shape index (κ2) is 6.60. The second-order valence-electron chi connectivity index (χ2n) is 3.25. The first-order chi connectivity index (χ1) is 6.83. The fraction of sp³-hybridized carbons (Fsp3) is 0.455. The minimum Gasteiger partial charge on any atom is -0.399 e. The number of rotatable bonds is 6. The van der Waals surface area contributed by atoms with Gasteiger partial charge in [-0.3, -0.25) is 0 Å². The lowest BCUT2D eigenvalue weighted by Gasteiger charge is -2.05. The topological polar surface area (TPSA) is 38.0 Å². The van der Waals surface area contributed by atoms with Crippen molar-refractivity contribution in [1.82, 2.24) is 0 Å². The van der Waals surface area contributed by atoms with Crippen molar-refractivity contribution >= 4 is 23.1 Å². The van der Waals surface area contributed by atoms with E-state index < -0.39 is 0 Å². The van der Waals surface area contributed by atoms with Crippen LogP contribution in [0.2, 0.25) is 0 Å². The zero-order chi connectivity index (χ0) is 10.2. The van der Waals surface area contributed by atoms with Gasteiger partial charge in [0.1, 0.15) is 0 Å². The first kappa shape index (κ1) is 11.2. The highest BCUT2D eigenvalue weighted by molar-refractivity contribution is 7.98. The lowest BCUT2D eigenvalue weighted by atomic mass is 10.2. The van der Waals surface area contributed by atoms with Gasteiger partial charge in [0.15, 0.2) is 0 Å². The molecule has 0 bridgehead atoms. The third-order valence-electron chi connectivity index (χ3n) is 2.02. The van der Waals surface area contributed by atoms with E-state index >= 15 is 0 Å². The third kappa shape index (κ3) is 4.42. The predicted octanol–water partition coefficient (Wildman–Crippen LogP) is 2.82. The average Bonchev–Trinajstić information content (AvgIpc) is 2.21. The fourth-order valence-corrected chi connectivity index (χ4v) is 1.70. The quantitative estimate of drug-likeness (QED) is 0.560. The number of anilines is 2. The Balaban J connectivity index is 2.15. The lowest BCUT2D eigenvalue weighted by molar-refractivity contribution is 0.843. The molecule has 3 N–H and O–H groups in total. The number of nitrogen functional groups attached to an aromatic ring is 1. The summed E-state index contributed by atoms with van der Waals surface area (Å²) in [6.45, 7) is 1.05. The molecule has 0 radical (unpaired) electrons. The van der Waals surface area contributed by atoms with Crippen LogP contribution in [0.25, 0.3) is 0 Å². The van der Waals surface area contributed by atoms with Crippen molar-refractivity contribution in [3.05, 3.63) is 24.3 Å². The van der Waals surface area contributed by atoms with Crippen LogP contribution in [0.4, 0.5) is 11.4 Å². The summed E-state index contributed by atoms with van der Waals surface area (Å²) in [7, 11) is 0. The maximum atomic E-state index is 5.59. The zero-order valence-corrected chi connectivity index (χ0v) is 9.44. The molecule has 78 valence electrons. The van der Waals surface area contributed by atoms with E-state index in [4.69, 9.17) is 5.73 Å². The van der Waals surface area contributed by atoms with E-state index in [1.54, 1.807) is 0 Å². The largest absolute Gasteiger partial charge is 0.399 e. The molecule has 1 aromatic rings. The summed E-state index contributed by atoms with van der Waals surface area (Å²) in [5.41, 5.74) is 7.56. The summed E-state index contributed by atoms with van der Waals surface area (Å²) in [5, 5.41) is 3.37. The maximum absolute atomic E-state index is 5.59. The van der Waals surface area contributed by atoms with Gasteiger partial charge in [0.2, 0.25) is 0 Å². The molecule has 0 saturated heterocycles. The third-order valence-corrected chi connectivity index (χ3v) is 2.71. The van der Waals surface area contributed by atoms with Crippen LogP contribution in [0, 0.1) is 0 Å².